The first-order chi connectivity index (χ1) is 27.7. The van der Waals surface area contributed by atoms with Crippen LogP contribution in [0.3, 0.4) is 0 Å². The molecule has 5 heteroatoms. The van der Waals surface area contributed by atoms with E-state index in [0.29, 0.717) is 17.5 Å². The normalized spacial score (nSPS) is 11.6. The number of rotatable bonds is 6. The number of hydrogen-bond donors (Lipinski definition) is 0. The van der Waals surface area contributed by atoms with Gasteiger partial charge in [-0.05, 0) is 70.8 Å². The molecule has 0 aliphatic heterocycles. The molecule has 0 unspecified atom stereocenters. The van der Waals surface area contributed by atoms with Gasteiger partial charge in [0.05, 0.1) is 11.0 Å². The van der Waals surface area contributed by atoms with Gasteiger partial charge < -0.3 is 8.98 Å². The Kier molecular flexibility index (Phi) is 7.42. The second-order valence-corrected chi connectivity index (χ2v) is 14.0. The summed E-state index contributed by atoms with van der Waals surface area (Å²) in [7, 11) is 0. The van der Waals surface area contributed by atoms with Crippen LogP contribution in [0.15, 0.2) is 199 Å². The summed E-state index contributed by atoms with van der Waals surface area (Å²) in [5.41, 5.74) is 12.4. The monoisotopic (exact) mass is 716 g/mol. The molecule has 0 atom stereocenters. The van der Waals surface area contributed by atoms with Crippen molar-refractivity contribution in [3.63, 3.8) is 0 Å². The molecule has 11 rings (SSSR count). The highest BCUT2D eigenvalue weighted by Crippen LogP contribution is 2.40. The average molecular weight is 717 g/mol. The Morgan fingerprint density at radius 2 is 0.768 bits per heavy atom. The molecule has 0 radical (unpaired) electrons. The highest BCUT2D eigenvalue weighted by molar-refractivity contribution is 6.11. The predicted molar refractivity (Wildman–Crippen MR) is 229 cm³/mol. The Labute approximate surface area is 322 Å². The van der Waals surface area contributed by atoms with Crippen LogP contribution in [0.2, 0.25) is 0 Å². The molecule has 0 aliphatic carbocycles. The topological polar surface area (TPSA) is 56.7 Å². The van der Waals surface area contributed by atoms with Gasteiger partial charge in [0.1, 0.15) is 11.2 Å². The molecule has 0 fully saturated rings. The summed E-state index contributed by atoms with van der Waals surface area (Å²) in [4.78, 5) is 14.7. The first-order valence-corrected chi connectivity index (χ1v) is 18.8. The number of furan rings is 1. The van der Waals surface area contributed by atoms with Crippen molar-refractivity contribution in [1.29, 1.82) is 0 Å². The van der Waals surface area contributed by atoms with Gasteiger partial charge in [-0.3, -0.25) is 0 Å². The lowest BCUT2D eigenvalue weighted by atomic mass is 9.93. The highest BCUT2D eigenvalue weighted by Gasteiger charge is 2.17. The number of benzene rings is 8. The van der Waals surface area contributed by atoms with Gasteiger partial charge in [-0.15, -0.1) is 0 Å². The van der Waals surface area contributed by atoms with E-state index < -0.39 is 0 Å². The van der Waals surface area contributed by atoms with Crippen LogP contribution in [-0.4, -0.2) is 19.5 Å². The van der Waals surface area contributed by atoms with E-state index in [9.17, 15) is 0 Å². The second kappa shape index (κ2) is 13.0. The molecule has 0 bridgehead atoms. The summed E-state index contributed by atoms with van der Waals surface area (Å²) in [5.74, 6) is 1.85. The molecule has 3 aromatic heterocycles. The van der Waals surface area contributed by atoms with Crippen molar-refractivity contribution in [3.8, 4) is 62.1 Å². The fraction of sp³-hybridized carbons (Fsp3) is 0. The van der Waals surface area contributed by atoms with Crippen molar-refractivity contribution in [3.05, 3.63) is 194 Å². The van der Waals surface area contributed by atoms with Crippen LogP contribution in [-0.2, 0) is 0 Å². The van der Waals surface area contributed by atoms with Crippen LogP contribution in [0, 0.1) is 0 Å². The van der Waals surface area contributed by atoms with E-state index >= 15 is 0 Å². The summed E-state index contributed by atoms with van der Waals surface area (Å²) < 4.78 is 9.00. The molecule has 56 heavy (non-hydrogen) atoms. The minimum Gasteiger partial charge on any atom is -0.456 e. The average Bonchev–Trinajstić information content (AvgIpc) is 3.81. The standard InChI is InChI=1S/C51H32N4O/c1-4-14-33(15-5-1)49-52-50(34-16-6-2-7-17-34)54-51(53-49)37-26-29-44-43-28-25-36(31-47(43)56-48(44)32-37)40-21-11-10-20-39(40)35-24-27-42-41-22-12-13-23-45(41)55(46(42)30-35)38-18-8-3-9-19-38/h1-32H. The molecule has 0 aliphatic rings. The largest absolute Gasteiger partial charge is 0.456 e. The fourth-order valence-electron chi connectivity index (χ4n) is 8.00. The summed E-state index contributed by atoms with van der Waals surface area (Å²) in [6, 6.07) is 67.6. The molecule has 0 N–H and O–H groups in total. The zero-order valence-electron chi connectivity index (χ0n) is 30.2. The summed E-state index contributed by atoms with van der Waals surface area (Å²) in [5, 5.41) is 4.59. The van der Waals surface area contributed by atoms with E-state index in [2.05, 4.69) is 132 Å². The summed E-state index contributed by atoms with van der Waals surface area (Å²) in [6.45, 7) is 0. The van der Waals surface area contributed by atoms with Gasteiger partial charge in [-0.1, -0.05) is 146 Å². The maximum Gasteiger partial charge on any atom is 0.164 e. The number of aromatic nitrogens is 4. The molecule has 0 spiro atoms. The van der Waals surface area contributed by atoms with Gasteiger partial charge in [0.2, 0.25) is 0 Å². The first-order valence-electron chi connectivity index (χ1n) is 18.8. The van der Waals surface area contributed by atoms with E-state index in [1.165, 1.54) is 21.8 Å². The van der Waals surface area contributed by atoms with Crippen molar-refractivity contribution in [1.82, 2.24) is 19.5 Å². The van der Waals surface area contributed by atoms with E-state index in [4.69, 9.17) is 19.4 Å². The van der Waals surface area contributed by atoms with Gasteiger partial charge >= 0.3 is 0 Å². The Hall–Kier alpha value is -7.63. The zero-order valence-corrected chi connectivity index (χ0v) is 30.2. The predicted octanol–water partition coefficient (Wildman–Crippen LogP) is 13.2. The van der Waals surface area contributed by atoms with E-state index in [-0.39, 0.29) is 0 Å². The van der Waals surface area contributed by atoms with Crippen molar-refractivity contribution < 1.29 is 4.42 Å². The molecule has 8 aromatic carbocycles. The van der Waals surface area contributed by atoms with Crippen LogP contribution < -0.4 is 0 Å². The van der Waals surface area contributed by atoms with Crippen LogP contribution >= 0.6 is 0 Å². The lowest BCUT2D eigenvalue weighted by molar-refractivity contribution is 0.669. The molecule has 0 saturated heterocycles. The third-order valence-corrected chi connectivity index (χ3v) is 10.7. The molecule has 11 aromatic rings. The van der Waals surface area contributed by atoms with Crippen molar-refractivity contribution in [2.45, 2.75) is 0 Å². The number of nitrogens with zero attached hydrogens (tertiary/aromatic N) is 4. The summed E-state index contributed by atoms with van der Waals surface area (Å²) >= 11 is 0. The number of para-hydroxylation sites is 2. The van der Waals surface area contributed by atoms with E-state index in [1.807, 2.05) is 66.7 Å². The second-order valence-electron chi connectivity index (χ2n) is 14.0. The van der Waals surface area contributed by atoms with Crippen LogP contribution in [0.25, 0.3) is 106 Å². The minimum absolute atomic E-state index is 0.595. The van der Waals surface area contributed by atoms with Gasteiger partial charge in [-0.2, -0.15) is 0 Å². The molecular formula is C51H32N4O. The van der Waals surface area contributed by atoms with Gasteiger partial charge in [0.25, 0.3) is 0 Å². The quantitative estimate of drug-likeness (QED) is 0.172. The van der Waals surface area contributed by atoms with Crippen molar-refractivity contribution >= 4 is 43.7 Å². The van der Waals surface area contributed by atoms with Gasteiger partial charge in [0, 0.05) is 43.9 Å². The third kappa shape index (κ3) is 5.37. The summed E-state index contributed by atoms with van der Waals surface area (Å²) in [6.07, 6.45) is 0. The smallest absolute Gasteiger partial charge is 0.164 e. The third-order valence-electron chi connectivity index (χ3n) is 10.7. The van der Waals surface area contributed by atoms with Crippen molar-refractivity contribution in [2.75, 3.05) is 0 Å². The molecular weight excluding hydrogens is 685 g/mol. The van der Waals surface area contributed by atoms with Gasteiger partial charge in [0.15, 0.2) is 17.5 Å². The highest BCUT2D eigenvalue weighted by atomic mass is 16.3. The number of hydrogen-bond acceptors (Lipinski definition) is 4. The lowest BCUT2D eigenvalue weighted by Gasteiger charge is -2.12. The van der Waals surface area contributed by atoms with Gasteiger partial charge in [-0.25, -0.2) is 15.0 Å². The molecule has 3 heterocycles. The number of fused-ring (bicyclic) bond motifs is 6. The van der Waals surface area contributed by atoms with Crippen LogP contribution in [0.1, 0.15) is 0 Å². The van der Waals surface area contributed by atoms with E-state index in [1.54, 1.807) is 0 Å². The van der Waals surface area contributed by atoms with Crippen molar-refractivity contribution in [2.24, 2.45) is 0 Å². The van der Waals surface area contributed by atoms with Crippen LogP contribution in [0.5, 0.6) is 0 Å². The molecule has 0 saturated carbocycles. The van der Waals surface area contributed by atoms with E-state index in [0.717, 1.165) is 66.6 Å². The Morgan fingerprint density at radius 3 is 1.39 bits per heavy atom. The SMILES string of the molecule is c1ccc(-c2nc(-c3ccccc3)nc(-c3ccc4c(c3)oc3cc(-c5ccccc5-c5ccc6c7ccccc7n(-c7ccccc7)c6c5)ccc34)n2)cc1. The molecule has 262 valence electrons. The lowest BCUT2D eigenvalue weighted by Crippen LogP contribution is -2.00. The Bertz CT molecular complexity index is 3180. The Morgan fingerprint density at radius 1 is 0.321 bits per heavy atom. The maximum absolute atomic E-state index is 6.63. The minimum atomic E-state index is 0.595. The fourth-order valence-corrected chi connectivity index (χ4v) is 8.00. The maximum atomic E-state index is 6.63. The molecule has 5 nitrogen and oxygen atoms in total. The first kappa shape index (κ1) is 31.9. The van der Waals surface area contributed by atoms with Crippen LogP contribution in [0.4, 0.5) is 0 Å². The Balaban J connectivity index is 1.01. The molecule has 0 amide bonds. The zero-order chi connectivity index (χ0) is 37.0.